The van der Waals surface area contributed by atoms with Gasteiger partial charge >= 0.3 is 5.97 Å². The van der Waals surface area contributed by atoms with E-state index in [0.717, 1.165) is 5.56 Å². The number of hydrogen-bond donors (Lipinski definition) is 0. The summed E-state index contributed by atoms with van der Waals surface area (Å²) in [5, 5.41) is 0. The summed E-state index contributed by atoms with van der Waals surface area (Å²) in [5.41, 5.74) is 1.07. The Hall–Kier alpha value is -2.63. The van der Waals surface area contributed by atoms with Crippen LogP contribution in [0.25, 0.3) is 0 Å². The number of rotatable bonds is 4. The maximum absolute atomic E-state index is 12.0. The lowest BCUT2D eigenvalue weighted by Crippen LogP contribution is -2.14. The summed E-state index contributed by atoms with van der Waals surface area (Å²) in [4.78, 5) is 19.8. The molecule has 2 aromatic rings. The molecule has 104 valence electrons. The minimum atomic E-state index is -0.675. The van der Waals surface area contributed by atoms with Gasteiger partial charge in [-0.1, -0.05) is 17.7 Å². The van der Waals surface area contributed by atoms with Crippen LogP contribution in [0.1, 0.15) is 16.2 Å². The zero-order chi connectivity index (χ0) is 14.5. The van der Waals surface area contributed by atoms with Gasteiger partial charge in [-0.15, -0.1) is 0 Å². The van der Waals surface area contributed by atoms with Gasteiger partial charge in [0, 0.05) is 0 Å². The van der Waals surface area contributed by atoms with E-state index in [4.69, 9.17) is 14.2 Å². The quantitative estimate of drug-likeness (QED) is 0.627. The van der Waals surface area contributed by atoms with Crippen molar-refractivity contribution in [2.24, 2.45) is 0 Å². The van der Waals surface area contributed by atoms with Crippen LogP contribution in [0, 0.1) is 6.92 Å². The zero-order valence-corrected chi connectivity index (χ0v) is 11.4. The molecule has 0 fully saturated rings. The molecule has 0 aliphatic heterocycles. The standard InChI is InChI=1S/C14H14N2O4/c1-9-4-6-10(7-5-9)20-14(17)13-15-11(18-2)8-12(16-13)19-3/h4-8H,1-3H3. The normalized spacial score (nSPS) is 9.95. The molecule has 0 spiro atoms. The Morgan fingerprint density at radius 3 is 2.05 bits per heavy atom. The van der Waals surface area contributed by atoms with Crippen LogP contribution in [0.2, 0.25) is 0 Å². The van der Waals surface area contributed by atoms with Gasteiger partial charge in [0.05, 0.1) is 20.3 Å². The van der Waals surface area contributed by atoms with E-state index < -0.39 is 5.97 Å². The number of carbonyl (C=O) groups excluding carboxylic acids is 1. The lowest BCUT2D eigenvalue weighted by molar-refractivity contribution is 0.0719. The summed E-state index contributed by atoms with van der Waals surface area (Å²) in [7, 11) is 2.88. The van der Waals surface area contributed by atoms with Gasteiger partial charge < -0.3 is 14.2 Å². The minimum Gasteiger partial charge on any atom is -0.481 e. The van der Waals surface area contributed by atoms with Gasteiger partial charge in [-0.25, -0.2) is 4.79 Å². The molecule has 0 radical (unpaired) electrons. The second-order valence-electron chi connectivity index (χ2n) is 3.98. The summed E-state index contributed by atoms with van der Waals surface area (Å²) < 4.78 is 15.1. The highest BCUT2D eigenvalue weighted by Gasteiger charge is 2.15. The van der Waals surface area contributed by atoms with Gasteiger partial charge in [0.15, 0.2) is 0 Å². The third-order valence-electron chi connectivity index (χ3n) is 2.51. The van der Waals surface area contributed by atoms with E-state index in [1.807, 2.05) is 19.1 Å². The molecule has 0 aliphatic rings. The fourth-order valence-corrected chi connectivity index (χ4v) is 1.46. The fraction of sp³-hybridized carbons (Fsp3) is 0.214. The molecule has 0 atom stereocenters. The van der Waals surface area contributed by atoms with Gasteiger partial charge in [-0.05, 0) is 19.1 Å². The number of aromatic nitrogens is 2. The maximum Gasteiger partial charge on any atom is 0.382 e. The van der Waals surface area contributed by atoms with E-state index in [2.05, 4.69) is 9.97 Å². The zero-order valence-electron chi connectivity index (χ0n) is 11.4. The van der Waals surface area contributed by atoms with Gasteiger partial charge in [-0.3, -0.25) is 0 Å². The van der Waals surface area contributed by atoms with Crippen molar-refractivity contribution in [1.82, 2.24) is 9.97 Å². The molecule has 0 amide bonds. The monoisotopic (exact) mass is 274 g/mol. The summed E-state index contributed by atoms with van der Waals surface area (Å²) in [6.07, 6.45) is 0. The molecule has 6 nitrogen and oxygen atoms in total. The summed E-state index contributed by atoms with van der Waals surface area (Å²) in [6, 6.07) is 8.56. The van der Waals surface area contributed by atoms with Crippen LogP contribution in [0.5, 0.6) is 17.5 Å². The first-order chi connectivity index (χ1) is 9.62. The molecular weight excluding hydrogens is 260 g/mol. The van der Waals surface area contributed by atoms with Gasteiger partial charge in [0.2, 0.25) is 17.6 Å². The molecule has 0 N–H and O–H groups in total. The van der Waals surface area contributed by atoms with Crippen molar-refractivity contribution in [3.05, 3.63) is 41.7 Å². The number of methoxy groups -OCH3 is 2. The Morgan fingerprint density at radius 1 is 1.00 bits per heavy atom. The number of aryl methyl sites for hydroxylation is 1. The fourth-order valence-electron chi connectivity index (χ4n) is 1.46. The lowest BCUT2D eigenvalue weighted by Gasteiger charge is -2.06. The van der Waals surface area contributed by atoms with Crippen LogP contribution >= 0.6 is 0 Å². The van der Waals surface area contributed by atoms with E-state index >= 15 is 0 Å². The van der Waals surface area contributed by atoms with Crippen LogP contribution in [0.3, 0.4) is 0 Å². The van der Waals surface area contributed by atoms with E-state index in [1.165, 1.54) is 20.3 Å². The van der Waals surface area contributed by atoms with E-state index in [9.17, 15) is 4.79 Å². The predicted octanol–water partition coefficient (Wildman–Crippen LogP) is 2.02. The smallest absolute Gasteiger partial charge is 0.382 e. The van der Waals surface area contributed by atoms with Crippen molar-refractivity contribution in [2.75, 3.05) is 14.2 Å². The van der Waals surface area contributed by atoms with Crippen molar-refractivity contribution >= 4 is 5.97 Å². The summed E-state index contributed by atoms with van der Waals surface area (Å²) in [6.45, 7) is 1.95. The van der Waals surface area contributed by atoms with Crippen LogP contribution in [-0.4, -0.2) is 30.2 Å². The summed E-state index contributed by atoms with van der Waals surface area (Å²) >= 11 is 0. The van der Waals surface area contributed by atoms with Crippen LogP contribution < -0.4 is 14.2 Å². The van der Waals surface area contributed by atoms with Crippen LogP contribution in [-0.2, 0) is 0 Å². The highest BCUT2D eigenvalue weighted by molar-refractivity contribution is 5.87. The first kappa shape index (κ1) is 13.8. The van der Waals surface area contributed by atoms with Crippen molar-refractivity contribution < 1.29 is 19.0 Å². The van der Waals surface area contributed by atoms with Crippen molar-refractivity contribution in [3.63, 3.8) is 0 Å². The number of benzene rings is 1. The Morgan fingerprint density at radius 2 is 1.55 bits per heavy atom. The van der Waals surface area contributed by atoms with E-state index in [1.54, 1.807) is 12.1 Å². The molecule has 20 heavy (non-hydrogen) atoms. The molecule has 1 heterocycles. The van der Waals surface area contributed by atoms with Crippen LogP contribution in [0.15, 0.2) is 30.3 Å². The predicted molar refractivity (Wildman–Crippen MR) is 71.3 cm³/mol. The molecular formula is C14H14N2O4. The first-order valence-electron chi connectivity index (χ1n) is 5.88. The number of nitrogens with zero attached hydrogens (tertiary/aromatic N) is 2. The van der Waals surface area contributed by atoms with Gasteiger partial charge in [0.25, 0.3) is 0 Å². The van der Waals surface area contributed by atoms with Crippen molar-refractivity contribution in [2.45, 2.75) is 6.92 Å². The molecule has 1 aromatic carbocycles. The minimum absolute atomic E-state index is 0.123. The second-order valence-corrected chi connectivity index (χ2v) is 3.98. The SMILES string of the molecule is COc1cc(OC)nc(C(=O)Oc2ccc(C)cc2)n1. The maximum atomic E-state index is 12.0. The number of esters is 1. The Bertz CT molecular complexity index is 589. The molecule has 0 saturated heterocycles. The largest absolute Gasteiger partial charge is 0.481 e. The Labute approximate surface area is 116 Å². The third-order valence-corrected chi connectivity index (χ3v) is 2.51. The van der Waals surface area contributed by atoms with Crippen LogP contribution in [0.4, 0.5) is 0 Å². The number of hydrogen-bond acceptors (Lipinski definition) is 6. The first-order valence-corrected chi connectivity index (χ1v) is 5.88. The third kappa shape index (κ3) is 3.23. The van der Waals surface area contributed by atoms with E-state index in [-0.39, 0.29) is 17.6 Å². The van der Waals surface area contributed by atoms with Crippen molar-refractivity contribution in [3.8, 4) is 17.5 Å². The topological polar surface area (TPSA) is 70.5 Å². The second kappa shape index (κ2) is 6.01. The molecule has 0 saturated carbocycles. The Balaban J connectivity index is 2.22. The van der Waals surface area contributed by atoms with E-state index in [0.29, 0.717) is 5.75 Å². The molecule has 1 aromatic heterocycles. The average molecular weight is 274 g/mol. The summed E-state index contributed by atoms with van der Waals surface area (Å²) in [5.74, 6) is 0.0826. The number of ether oxygens (including phenoxy) is 3. The molecule has 2 rings (SSSR count). The number of carbonyl (C=O) groups is 1. The van der Waals surface area contributed by atoms with Gasteiger partial charge in [-0.2, -0.15) is 9.97 Å². The Kier molecular flexibility index (Phi) is 4.14. The van der Waals surface area contributed by atoms with Crippen molar-refractivity contribution in [1.29, 1.82) is 0 Å². The molecule has 0 bridgehead atoms. The highest BCUT2D eigenvalue weighted by Crippen LogP contribution is 2.17. The molecule has 0 aliphatic carbocycles. The highest BCUT2D eigenvalue weighted by atomic mass is 16.5. The molecule has 6 heteroatoms. The average Bonchev–Trinajstić information content (AvgIpc) is 2.48. The lowest BCUT2D eigenvalue weighted by atomic mass is 10.2. The van der Waals surface area contributed by atoms with Gasteiger partial charge in [0.1, 0.15) is 5.75 Å². The molecule has 0 unspecified atom stereocenters.